The van der Waals surface area contributed by atoms with Crippen LogP contribution in [0.15, 0.2) is 108 Å². The molecule has 1 aliphatic rings. The molecule has 1 heterocycles. The van der Waals surface area contributed by atoms with Crippen molar-refractivity contribution in [1.82, 2.24) is 20.2 Å². The average molecular weight is 716 g/mol. The predicted octanol–water partition coefficient (Wildman–Crippen LogP) is 8.32. The van der Waals surface area contributed by atoms with E-state index in [9.17, 15) is 19.5 Å². The number of hydrogen-bond donors (Lipinski definition) is 3. The minimum Gasteiger partial charge on any atom is -0.478 e. The van der Waals surface area contributed by atoms with Crippen molar-refractivity contribution in [2.45, 2.75) is 32.2 Å². The first-order chi connectivity index (χ1) is 23.8. The fourth-order valence-electron chi connectivity index (χ4n) is 5.81. The van der Waals surface area contributed by atoms with E-state index in [1.807, 2.05) is 42.5 Å². The summed E-state index contributed by atoms with van der Waals surface area (Å²) in [6, 6.07) is 30.2. The molecule has 10 nitrogen and oxygen atoms in total. The average Bonchev–Trinajstić information content (AvgIpc) is 3.82. The summed E-state index contributed by atoms with van der Waals surface area (Å²) in [7, 11) is 0. The Morgan fingerprint density at radius 2 is 1.43 bits per heavy atom. The van der Waals surface area contributed by atoms with Crippen LogP contribution in [0.1, 0.15) is 56.8 Å². The molecule has 1 aromatic heterocycles. The molecule has 0 saturated heterocycles. The number of benzene rings is 5. The van der Waals surface area contributed by atoms with Gasteiger partial charge in [-0.2, -0.15) is 4.80 Å². The molecule has 5 aromatic carbocycles. The molecule has 0 atom stereocenters. The third-order valence-corrected chi connectivity index (χ3v) is 9.25. The van der Waals surface area contributed by atoms with Crippen LogP contribution in [0.5, 0.6) is 0 Å². The number of tetrazole rings is 1. The molecule has 1 aliphatic carbocycles. The standard InChI is InChI=1S/C38H31BrN6O4/c39-33-22-27(15-20-30(33)35-42-44-45(43-35)21-3-4-23-9-10-23)36(46)40-28-16-11-24(12-17-28)25-13-18-29(19-14-25)41-37(47)31-7-1-5-26-6-2-8-32(34(26)31)38(48)49/h1-2,5-8,11-20,22-23H,3-4,9-10,21H2,(H,40,46)(H,41,47)(H,48,49). The van der Waals surface area contributed by atoms with Crippen LogP contribution in [0.25, 0.3) is 33.3 Å². The van der Waals surface area contributed by atoms with E-state index in [1.165, 1.54) is 25.3 Å². The molecule has 7 rings (SSSR count). The van der Waals surface area contributed by atoms with Crippen molar-refractivity contribution in [3.8, 4) is 22.5 Å². The molecular formula is C38H31BrN6O4. The normalized spacial score (nSPS) is 12.5. The lowest BCUT2D eigenvalue weighted by Gasteiger charge is -2.11. The van der Waals surface area contributed by atoms with Crippen molar-refractivity contribution < 1.29 is 19.5 Å². The van der Waals surface area contributed by atoms with Crippen molar-refractivity contribution in [1.29, 1.82) is 0 Å². The Bertz CT molecular complexity index is 2190. The molecule has 3 N–H and O–H groups in total. The van der Waals surface area contributed by atoms with E-state index >= 15 is 0 Å². The minimum absolute atomic E-state index is 0.0765. The first-order valence-corrected chi connectivity index (χ1v) is 16.8. The fourth-order valence-corrected chi connectivity index (χ4v) is 6.37. The number of carbonyl (C=O) groups excluding carboxylic acids is 2. The van der Waals surface area contributed by atoms with Crippen molar-refractivity contribution in [2.75, 3.05) is 10.6 Å². The monoisotopic (exact) mass is 714 g/mol. The Hall–Kier alpha value is -5.68. The van der Waals surface area contributed by atoms with Gasteiger partial charge in [-0.15, -0.1) is 10.2 Å². The summed E-state index contributed by atoms with van der Waals surface area (Å²) < 4.78 is 0.704. The Balaban J connectivity index is 0.972. The zero-order valence-corrected chi connectivity index (χ0v) is 27.9. The van der Waals surface area contributed by atoms with Gasteiger partial charge in [0.05, 0.1) is 12.1 Å². The van der Waals surface area contributed by atoms with E-state index in [0.717, 1.165) is 35.6 Å². The number of nitrogens with zero attached hydrogens (tertiary/aromatic N) is 4. The molecular weight excluding hydrogens is 684 g/mol. The summed E-state index contributed by atoms with van der Waals surface area (Å²) in [5, 5.41) is 29.4. The summed E-state index contributed by atoms with van der Waals surface area (Å²) in [6.45, 7) is 0.745. The molecule has 11 heteroatoms. The lowest BCUT2D eigenvalue weighted by atomic mass is 9.98. The van der Waals surface area contributed by atoms with Crippen molar-refractivity contribution >= 4 is 55.9 Å². The van der Waals surface area contributed by atoms with E-state index in [1.54, 1.807) is 59.4 Å². The van der Waals surface area contributed by atoms with E-state index in [2.05, 4.69) is 42.0 Å². The Morgan fingerprint density at radius 3 is 2.04 bits per heavy atom. The van der Waals surface area contributed by atoms with Crippen LogP contribution in [0.3, 0.4) is 0 Å². The molecule has 0 aliphatic heterocycles. The van der Waals surface area contributed by atoms with E-state index in [4.69, 9.17) is 0 Å². The number of fused-ring (bicyclic) bond motifs is 1. The second kappa shape index (κ2) is 13.8. The molecule has 0 bridgehead atoms. The van der Waals surface area contributed by atoms with Crippen LogP contribution in [0.4, 0.5) is 11.4 Å². The molecule has 0 radical (unpaired) electrons. The highest BCUT2D eigenvalue weighted by atomic mass is 79.9. The molecule has 2 amide bonds. The number of rotatable bonds is 11. The van der Waals surface area contributed by atoms with Gasteiger partial charge in [-0.1, -0.05) is 77.3 Å². The van der Waals surface area contributed by atoms with Gasteiger partial charge in [0.25, 0.3) is 11.8 Å². The van der Waals surface area contributed by atoms with Crippen molar-refractivity contribution in [3.63, 3.8) is 0 Å². The topological polar surface area (TPSA) is 139 Å². The number of aromatic nitrogens is 4. The number of nitrogens with one attached hydrogen (secondary N) is 2. The number of carbonyl (C=O) groups is 3. The molecule has 1 fully saturated rings. The summed E-state index contributed by atoms with van der Waals surface area (Å²) in [6.07, 6.45) is 4.92. The number of hydrogen-bond acceptors (Lipinski definition) is 6. The molecule has 6 aromatic rings. The highest BCUT2D eigenvalue weighted by molar-refractivity contribution is 9.10. The van der Waals surface area contributed by atoms with Crippen LogP contribution in [-0.2, 0) is 6.54 Å². The predicted molar refractivity (Wildman–Crippen MR) is 192 cm³/mol. The van der Waals surface area contributed by atoms with Gasteiger partial charge in [0.15, 0.2) is 0 Å². The van der Waals surface area contributed by atoms with Gasteiger partial charge in [-0.25, -0.2) is 4.79 Å². The number of amides is 2. The van der Waals surface area contributed by atoms with Gasteiger partial charge in [0.2, 0.25) is 5.82 Å². The first-order valence-electron chi connectivity index (χ1n) is 16.0. The Kier molecular flexibility index (Phi) is 8.99. The zero-order chi connectivity index (χ0) is 33.9. The molecule has 0 spiro atoms. The largest absolute Gasteiger partial charge is 0.478 e. The zero-order valence-electron chi connectivity index (χ0n) is 26.3. The van der Waals surface area contributed by atoms with Crippen LogP contribution in [0, 0.1) is 5.92 Å². The quantitative estimate of drug-likeness (QED) is 0.123. The molecule has 1 saturated carbocycles. The number of carboxylic acids is 1. The van der Waals surface area contributed by atoms with Crippen LogP contribution >= 0.6 is 15.9 Å². The maximum atomic E-state index is 13.2. The van der Waals surface area contributed by atoms with Gasteiger partial charge in [-0.3, -0.25) is 9.59 Å². The third kappa shape index (κ3) is 7.26. The highest BCUT2D eigenvalue weighted by Gasteiger charge is 2.21. The van der Waals surface area contributed by atoms with E-state index in [0.29, 0.717) is 38.0 Å². The van der Waals surface area contributed by atoms with Crippen LogP contribution in [0.2, 0.25) is 0 Å². The lowest BCUT2D eigenvalue weighted by Crippen LogP contribution is -2.13. The minimum atomic E-state index is -1.09. The van der Waals surface area contributed by atoms with Gasteiger partial charge in [-0.05, 0) is 95.1 Å². The summed E-state index contributed by atoms with van der Waals surface area (Å²) >= 11 is 3.57. The fraction of sp³-hybridized carbons (Fsp3) is 0.158. The highest BCUT2D eigenvalue weighted by Crippen LogP contribution is 2.33. The lowest BCUT2D eigenvalue weighted by molar-refractivity contribution is 0.0698. The maximum Gasteiger partial charge on any atom is 0.336 e. The number of carboxylic acid groups (broad SMARTS) is 1. The number of anilines is 2. The first kappa shape index (κ1) is 31.9. The molecule has 244 valence electrons. The van der Waals surface area contributed by atoms with E-state index in [-0.39, 0.29) is 17.0 Å². The Labute approximate surface area is 290 Å². The second-order valence-electron chi connectivity index (χ2n) is 12.1. The second-order valence-corrected chi connectivity index (χ2v) is 12.9. The number of aromatic carboxylic acids is 1. The molecule has 0 unspecified atom stereocenters. The maximum absolute atomic E-state index is 13.2. The van der Waals surface area contributed by atoms with Gasteiger partial charge < -0.3 is 15.7 Å². The summed E-state index contributed by atoms with van der Waals surface area (Å²) in [5.41, 5.74) is 4.67. The van der Waals surface area contributed by atoms with Gasteiger partial charge in [0.1, 0.15) is 0 Å². The third-order valence-electron chi connectivity index (χ3n) is 8.59. The number of halogens is 1. The van der Waals surface area contributed by atoms with Crippen LogP contribution < -0.4 is 10.6 Å². The number of aryl methyl sites for hydroxylation is 1. The van der Waals surface area contributed by atoms with Crippen molar-refractivity contribution in [2.24, 2.45) is 5.92 Å². The Morgan fingerprint density at radius 1 is 0.796 bits per heavy atom. The van der Waals surface area contributed by atoms with Crippen molar-refractivity contribution in [3.05, 3.63) is 124 Å². The smallest absolute Gasteiger partial charge is 0.336 e. The summed E-state index contributed by atoms with van der Waals surface area (Å²) in [4.78, 5) is 39.7. The van der Waals surface area contributed by atoms with E-state index < -0.39 is 11.9 Å². The van der Waals surface area contributed by atoms with Gasteiger partial charge >= 0.3 is 5.97 Å². The summed E-state index contributed by atoms with van der Waals surface area (Å²) in [5.74, 6) is -0.356. The SMILES string of the molecule is O=C(Nc1ccc(-c2ccc(NC(=O)c3cccc4cccc(C(=O)O)c34)cc2)cc1)c1ccc(-c2nnn(CCCC3CC3)n2)c(Br)c1. The van der Waals surface area contributed by atoms with Gasteiger partial charge in [0, 0.05) is 37.9 Å². The molecule has 49 heavy (non-hydrogen) atoms. The van der Waals surface area contributed by atoms with Crippen LogP contribution in [-0.4, -0.2) is 43.1 Å².